The van der Waals surface area contributed by atoms with Crippen LogP contribution in [-0.4, -0.2) is 42.1 Å². The third-order valence-electron chi connectivity index (χ3n) is 3.26. The molecule has 0 radical (unpaired) electrons. The maximum absolute atomic E-state index is 11.7. The topological polar surface area (TPSA) is 58.4 Å². The molecule has 0 spiro atoms. The van der Waals surface area contributed by atoms with Crippen molar-refractivity contribution in [2.45, 2.75) is 32.6 Å². The molecule has 1 aromatic heterocycles. The molecule has 0 atom stereocenters. The van der Waals surface area contributed by atoms with Crippen molar-refractivity contribution in [3.8, 4) is 0 Å². The number of nitrogens with one attached hydrogen (secondary N) is 1. The minimum absolute atomic E-state index is 0.176. The average molecular weight is 251 g/mol. The Kier molecular flexibility index (Phi) is 4.75. The molecule has 100 valence electrons. The third kappa shape index (κ3) is 3.84. The van der Waals surface area contributed by atoms with Gasteiger partial charge < -0.3 is 14.7 Å². The molecule has 1 aromatic rings. The molecule has 0 aliphatic carbocycles. The van der Waals surface area contributed by atoms with Crippen LogP contribution in [0.25, 0.3) is 0 Å². The summed E-state index contributed by atoms with van der Waals surface area (Å²) in [5.41, 5.74) is 0.729. The number of carbonyl (C=O) groups excluding carboxylic acids is 1. The molecule has 0 bridgehead atoms. The van der Waals surface area contributed by atoms with Crippen molar-refractivity contribution in [1.82, 2.24) is 15.4 Å². The van der Waals surface area contributed by atoms with Crippen LogP contribution < -0.4 is 5.32 Å². The van der Waals surface area contributed by atoms with E-state index in [1.807, 2.05) is 0 Å². The molecule has 0 aromatic carbocycles. The van der Waals surface area contributed by atoms with Gasteiger partial charge in [-0.25, -0.2) is 0 Å². The van der Waals surface area contributed by atoms with Crippen molar-refractivity contribution in [3.63, 3.8) is 0 Å². The predicted octanol–water partition coefficient (Wildman–Crippen LogP) is 1.59. The van der Waals surface area contributed by atoms with E-state index >= 15 is 0 Å². The Morgan fingerprint density at radius 2 is 2.11 bits per heavy atom. The number of amides is 1. The van der Waals surface area contributed by atoms with E-state index in [0.717, 1.165) is 25.3 Å². The molecule has 0 unspecified atom stereocenters. The fourth-order valence-corrected chi connectivity index (χ4v) is 2.25. The Morgan fingerprint density at radius 1 is 1.39 bits per heavy atom. The van der Waals surface area contributed by atoms with E-state index in [2.05, 4.69) is 15.4 Å². The van der Waals surface area contributed by atoms with E-state index in [-0.39, 0.29) is 5.91 Å². The smallest absolute Gasteiger partial charge is 0.289 e. The summed E-state index contributed by atoms with van der Waals surface area (Å²) in [7, 11) is 0. The second kappa shape index (κ2) is 6.54. The number of hydrogen-bond acceptors (Lipinski definition) is 4. The van der Waals surface area contributed by atoms with Gasteiger partial charge in [0.15, 0.2) is 0 Å². The lowest BCUT2D eigenvalue weighted by atomic mass is 10.2. The second-order valence-electron chi connectivity index (χ2n) is 4.84. The van der Waals surface area contributed by atoms with Gasteiger partial charge in [-0.3, -0.25) is 4.79 Å². The van der Waals surface area contributed by atoms with Crippen molar-refractivity contribution < 1.29 is 9.32 Å². The first-order valence-corrected chi connectivity index (χ1v) is 6.69. The number of hydrogen-bond donors (Lipinski definition) is 1. The lowest BCUT2D eigenvalue weighted by molar-refractivity contribution is 0.0911. The number of aromatic nitrogens is 1. The Morgan fingerprint density at radius 3 is 2.72 bits per heavy atom. The molecule has 2 heterocycles. The van der Waals surface area contributed by atoms with Crippen LogP contribution in [0.4, 0.5) is 0 Å². The fraction of sp³-hybridized carbons (Fsp3) is 0.692. The molecule has 5 nitrogen and oxygen atoms in total. The first-order valence-electron chi connectivity index (χ1n) is 6.69. The second-order valence-corrected chi connectivity index (χ2v) is 4.84. The Bertz CT molecular complexity index is 381. The van der Waals surface area contributed by atoms with Crippen LogP contribution in [0.5, 0.6) is 0 Å². The Hall–Kier alpha value is -1.36. The quantitative estimate of drug-likeness (QED) is 0.883. The molecular weight excluding hydrogens is 230 g/mol. The van der Waals surface area contributed by atoms with Gasteiger partial charge in [-0.1, -0.05) is 18.0 Å². The predicted molar refractivity (Wildman–Crippen MR) is 68.5 cm³/mol. The molecule has 1 amide bonds. The highest BCUT2D eigenvalue weighted by atomic mass is 16.5. The van der Waals surface area contributed by atoms with Gasteiger partial charge in [0.2, 0.25) is 5.76 Å². The molecule has 1 saturated heterocycles. The third-order valence-corrected chi connectivity index (χ3v) is 3.26. The monoisotopic (exact) mass is 251 g/mol. The van der Waals surface area contributed by atoms with Gasteiger partial charge in [-0.2, -0.15) is 0 Å². The van der Waals surface area contributed by atoms with E-state index in [0.29, 0.717) is 12.3 Å². The fourth-order valence-electron chi connectivity index (χ4n) is 2.25. The van der Waals surface area contributed by atoms with Gasteiger partial charge >= 0.3 is 0 Å². The van der Waals surface area contributed by atoms with Gasteiger partial charge in [0.05, 0.1) is 5.69 Å². The van der Waals surface area contributed by atoms with Crippen LogP contribution in [0.2, 0.25) is 0 Å². The van der Waals surface area contributed by atoms with Crippen molar-refractivity contribution >= 4 is 5.91 Å². The van der Waals surface area contributed by atoms with Gasteiger partial charge in [0, 0.05) is 19.2 Å². The van der Waals surface area contributed by atoms with Crippen molar-refractivity contribution in [3.05, 3.63) is 17.5 Å². The average Bonchev–Trinajstić information content (AvgIpc) is 2.63. The minimum atomic E-state index is -0.176. The lowest BCUT2D eigenvalue weighted by Gasteiger charge is -2.19. The summed E-state index contributed by atoms with van der Waals surface area (Å²) in [5, 5.41) is 6.57. The summed E-state index contributed by atoms with van der Waals surface area (Å²) in [6, 6.07) is 1.65. The highest BCUT2D eigenvalue weighted by Gasteiger charge is 2.12. The highest BCUT2D eigenvalue weighted by Crippen LogP contribution is 2.08. The summed E-state index contributed by atoms with van der Waals surface area (Å²) in [5.74, 6) is 0.119. The largest absolute Gasteiger partial charge is 0.351 e. The van der Waals surface area contributed by atoms with Crippen LogP contribution in [-0.2, 0) is 0 Å². The summed E-state index contributed by atoms with van der Waals surface area (Å²) < 4.78 is 4.91. The van der Waals surface area contributed by atoms with Crippen molar-refractivity contribution in [2.75, 3.05) is 26.2 Å². The van der Waals surface area contributed by atoms with E-state index in [4.69, 9.17) is 4.52 Å². The van der Waals surface area contributed by atoms with Crippen LogP contribution in [0.1, 0.15) is 41.9 Å². The van der Waals surface area contributed by atoms with Crippen LogP contribution in [0, 0.1) is 6.92 Å². The lowest BCUT2D eigenvalue weighted by Crippen LogP contribution is -2.35. The van der Waals surface area contributed by atoms with Gasteiger partial charge in [0.25, 0.3) is 5.91 Å². The first kappa shape index (κ1) is 13.1. The zero-order valence-corrected chi connectivity index (χ0v) is 10.9. The molecular formula is C13H21N3O2. The van der Waals surface area contributed by atoms with Gasteiger partial charge in [-0.15, -0.1) is 0 Å². The summed E-state index contributed by atoms with van der Waals surface area (Å²) >= 11 is 0. The minimum Gasteiger partial charge on any atom is -0.351 e. The normalized spacial score (nSPS) is 17.4. The Balaban J connectivity index is 1.69. The van der Waals surface area contributed by atoms with E-state index in [1.165, 1.54) is 25.7 Å². The van der Waals surface area contributed by atoms with Crippen molar-refractivity contribution in [2.24, 2.45) is 0 Å². The molecule has 1 N–H and O–H groups in total. The maximum atomic E-state index is 11.7. The first-order chi connectivity index (χ1) is 8.75. The molecule has 1 aliphatic heterocycles. The van der Waals surface area contributed by atoms with Crippen LogP contribution in [0.15, 0.2) is 10.6 Å². The molecule has 0 saturated carbocycles. The maximum Gasteiger partial charge on any atom is 0.289 e. The molecule has 5 heteroatoms. The number of carbonyl (C=O) groups is 1. The van der Waals surface area contributed by atoms with Crippen molar-refractivity contribution in [1.29, 1.82) is 0 Å². The molecule has 1 fully saturated rings. The van der Waals surface area contributed by atoms with E-state index in [1.54, 1.807) is 13.0 Å². The number of aryl methyl sites for hydroxylation is 1. The summed E-state index contributed by atoms with van der Waals surface area (Å²) in [6.07, 6.45) is 5.21. The van der Waals surface area contributed by atoms with Gasteiger partial charge in [-0.05, 0) is 32.9 Å². The van der Waals surface area contributed by atoms with Crippen LogP contribution >= 0.6 is 0 Å². The zero-order chi connectivity index (χ0) is 12.8. The van der Waals surface area contributed by atoms with Gasteiger partial charge in [0.1, 0.15) is 0 Å². The molecule has 2 rings (SSSR count). The standard InChI is InChI=1S/C13H21N3O2/c1-11-10-12(18-15-11)13(17)14-6-9-16-7-4-2-3-5-8-16/h10H,2-9H2,1H3,(H,14,17). The SMILES string of the molecule is Cc1cc(C(=O)NCCN2CCCCCC2)on1. The molecule has 18 heavy (non-hydrogen) atoms. The summed E-state index contributed by atoms with van der Waals surface area (Å²) in [6.45, 7) is 5.68. The Labute approximate surface area is 108 Å². The zero-order valence-electron chi connectivity index (χ0n) is 10.9. The van der Waals surface area contributed by atoms with Crippen LogP contribution in [0.3, 0.4) is 0 Å². The number of rotatable bonds is 4. The van der Waals surface area contributed by atoms with E-state index < -0.39 is 0 Å². The van der Waals surface area contributed by atoms with E-state index in [9.17, 15) is 4.79 Å². The highest BCUT2D eigenvalue weighted by molar-refractivity contribution is 5.91. The summed E-state index contributed by atoms with van der Waals surface area (Å²) in [4.78, 5) is 14.1. The number of nitrogens with zero attached hydrogens (tertiary/aromatic N) is 2. The molecule has 1 aliphatic rings. The number of likely N-dealkylation sites (tertiary alicyclic amines) is 1.